The van der Waals surface area contributed by atoms with Gasteiger partial charge in [0.05, 0.1) is 23.6 Å². The number of nitrogens with zero attached hydrogens (tertiary/aromatic N) is 2. The molecule has 3 aromatic rings. The summed E-state index contributed by atoms with van der Waals surface area (Å²) in [6, 6.07) is 23.7. The molecule has 0 spiro atoms. The molecule has 0 amide bonds. The van der Waals surface area contributed by atoms with Crippen LogP contribution in [0.15, 0.2) is 83.8 Å². The molecule has 7 nitrogen and oxygen atoms in total. The summed E-state index contributed by atoms with van der Waals surface area (Å²) < 4.78 is 33.5. The van der Waals surface area contributed by atoms with E-state index in [1.807, 2.05) is 53.5 Å². The van der Waals surface area contributed by atoms with Gasteiger partial charge in [0.15, 0.2) is 0 Å². The molecule has 0 radical (unpaired) electrons. The Kier molecular flexibility index (Phi) is 8.87. The standard InChI is InChI=1S/C29H31N3O4S/c1-29(2,3)31-37(34,35)27-13-6-5-12-26(27)24-16-14-22(15-17-24)10-8-18-32(21-28(33)36-4)25-11-7-9-23(19-25)20-30/h5-17,19,31H,18,21H2,1-4H3/b10-8+. The maximum Gasteiger partial charge on any atom is 0.325 e. The number of methoxy groups -OCH3 is 1. The molecule has 0 fully saturated rings. The average molecular weight is 518 g/mol. The van der Waals surface area contributed by atoms with Crippen molar-refractivity contribution >= 4 is 27.8 Å². The van der Waals surface area contributed by atoms with Gasteiger partial charge in [-0.05, 0) is 56.2 Å². The molecule has 0 aliphatic heterocycles. The quantitative estimate of drug-likeness (QED) is 0.401. The Bertz CT molecular complexity index is 1420. The van der Waals surface area contributed by atoms with E-state index in [1.165, 1.54) is 7.11 Å². The number of hydrogen-bond donors (Lipinski definition) is 1. The largest absolute Gasteiger partial charge is 0.468 e. The molecule has 0 unspecified atom stereocenters. The van der Waals surface area contributed by atoms with Gasteiger partial charge >= 0.3 is 5.97 Å². The van der Waals surface area contributed by atoms with Crippen LogP contribution in [0.3, 0.4) is 0 Å². The first-order valence-electron chi connectivity index (χ1n) is 11.7. The maximum atomic E-state index is 13.0. The second-order valence-electron chi connectivity index (χ2n) is 9.49. The van der Waals surface area contributed by atoms with Gasteiger partial charge in [-0.2, -0.15) is 5.26 Å². The fraction of sp³-hybridized carbons (Fsp3) is 0.241. The first-order chi connectivity index (χ1) is 17.5. The Balaban J connectivity index is 1.80. The number of hydrogen-bond acceptors (Lipinski definition) is 6. The Morgan fingerprint density at radius 3 is 2.41 bits per heavy atom. The fourth-order valence-corrected chi connectivity index (χ4v) is 5.39. The van der Waals surface area contributed by atoms with Crippen LogP contribution in [0, 0.1) is 11.3 Å². The number of nitrogens with one attached hydrogen (secondary N) is 1. The molecular weight excluding hydrogens is 486 g/mol. The Morgan fingerprint density at radius 1 is 1.05 bits per heavy atom. The van der Waals surface area contributed by atoms with E-state index in [0.717, 1.165) is 16.8 Å². The lowest BCUT2D eigenvalue weighted by Gasteiger charge is -2.22. The number of benzene rings is 3. The molecule has 3 rings (SSSR count). The van der Waals surface area contributed by atoms with E-state index in [1.54, 1.807) is 57.2 Å². The molecule has 0 atom stereocenters. The molecule has 0 aliphatic carbocycles. The van der Waals surface area contributed by atoms with Crippen molar-refractivity contribution in [2.75, 3.05) is 25.1 Å². The summed E-state index contributed by atoms with van der Waals surface area (Å²) in [5, 5.41) is 9.20. The van der Waals surface area contributed by atoms with Gasteiger partial charge in [0, 0.05) is 23.3 Å². The molecule has 0 bridgehead atoms. The fourth-order valence-electron chi connectivity index (χ4n) is 3.74. The third-order valence-corrected chi connectivity index (χ3v) is 7.18. The number of rotatable bonds is 9. The predicted molar refractivity (Wildman–Crippen MR) is 146 cm³/mol. The SMILES string of the molecule is COC(=O)CN(C/C=C/c1ccc(-c2ccccc2S(=O)(=O)NC(C)(C)C)cc1)c1cccc(C#N)c1. The minimum atomic E-state index is -3.70. The van der Waals surface area contributed by atoms with Crippen molar-refractivity contribution in [2.24, 2.45) is 0 Å². The second-order valence-corrected chi connectivity index (χ2v) is 11.1. The van der Waals surface area contributed by atoms with Crippen LogP contribution >= 0.6 is 0 Å². The van der Waals surface area contributed by atoms with E-state index in [0.29, 0.717) is 17.7 Å². The van der Waals surface area contributed by atoms with Crippen molar-refractivity contribution < 1.29 is 17.9 Å². The number of carbonyl (C=O) groups is 1. The summed E-state index contributed by atoms with van der Waals surface area (Å²) >= 11 is 0. The zero-order valence-electron chi connectivity index (χ0n) is 21.4. The molecule has 0 saturated heterocycles. The van der Waals surface area contributed by atoms with E-state index in [2.05, 4.69) is 10.8 Å². The highest BCUT2D eigenvalue weighted by Gasteiger charge is 2.24. The van der Waals surface area contributed by atoms with Crippen LogP contribution in [0.25, 0.3) is 17.2 Å². The summed E-state index contributed by atoms with van der Waals surface area (Å²) in [5.41, 5.74) is 2.97. The van der Waals surface area contributed by atoms with Crippen LogP contribution in [-0.4, -0.2) is 40.1 Å². The molecule has 0 aliphatic rings. The molecule has 3 aromatic carbocycles. The molecule has 0 heterocycles. The smallest absolute Gasteiger partial charge is 0.325 e. The van der Waals surface area contributed by atoms with E-state index in [4.69, 9.17) is 4.74 Å². The number of ether oxygens (including phenoxy) is 1. The molecule has 0 saturated carbocycles. The predicted octanol–water partition coefficient (Wildman–Crippen LogP) is 4.99. The maximum absolute atomic E-state index is 13.0. The van der Waals surface area contributed by atoms with Gasteiger partial charge in [0.25, 0.3) is 0 Å². The lowest BCUT2D eigenvalue weighted by Crippen LogP contribution is -2.40. The first kappa shape index (κ1) is 27.7. The van der Waals surface area contributed by atoms with E-state index < -0.39 is 15.6 Å². The Morgan fingerprint density at radius 2 is 1.76 bits per heavy atom. The molecule has 0 aromatic heterocycles. The van der Waals surface area contributed by atoms with Gasteiger partial charge < -0.3 is 9.64 Å². The topological polar surface area (TPSA) is 99.5 Å². The van der Waals surface area contributed by atoms with Gasteiger partial charge in [0.1, 0.15) is 6.54 Å². The van der Waals surface area contributed by atoms with Crippen LogP contribution in [0.5, 0.6) is 0 Å². The Hall–Kier alpha value is -3.93. The third kappa shape index (κ3) is 7.78. The van der Waals surface area contributed by atoms with Crippen LogP contribution < -0.4 is 9.62 Å². The number of anilines is 1. The van der Waals surface area contributed by atoms with E-state index in [-0.39, 0.29) is 17.4 Å². The van der Waals surface area contributed by atoms with Crippen molar-refractivity contribution in [1.29, 1.82) is 5.26 Å². The number of carbonyl (C=O) groups excluding carboxylic acids is 1. The van der Waals surface area contributed by atoms with Crippen LogP contribution in [0.4, 0.5) is 5.69 Å². The van der Waals surface area contributed by atoms with Crippen molar-refractivity contribution in [3.05, 3.63) is 90.0 Å². The highest BCUT2D eigenvalue weighted by molar-refractivity contribution is 7.89. The van der Waals surface area contributed by atoms with Gasteiger partial charge in [-0.3, -0.25) is 4.79 Å². The zero-order chi connectivity index (χ0) is 27.1. The highest BCUT2D eigenvalue weighted by Crippen LogP contribution is 2.28. The highest BCUT2D eigenvalue weighted by atomic mass is 32.2. The molecule has 8 heteroatoms. The average Bonchev–Trinajstić information content (AvgIpc) is 2.87. The summed E-state index contributed by atoms with van der Waals surface area (Å²) in [6.07, 6.45) is 3.84. The van der Waals surface area contributed by atoms with Gasteiger partial charge in [0.2, 0.25) is 10.0 Å². The molecule has 1 N–H and O–H groups in total. The lowest BCUT2D eigenvalue weighted by molar-refractivity contribution is -0.138. The van der Waals surface area contributed by atoms with Crippen LogP contribution in [0.2, 0.25) is 0 Å². The van der Waals surface area contributed by atoms with Crippen molar-refractivity contribution in [3.8, 4) is 17.2 Å². The summed E-state index contributed by atoms with van der Waals surface area (Å²) in [4.78, 5) is 14.0. The number of nitriles is 1. The minimum Gasteiger partial charge on any atom is -0.468 e. The van der Waals surface area contributed by atoms with Crippen LogP contribution in [0.1, 0.15) is 31.9 Å². The van der Waals surface area contributed by atoms with Gasteiger partial charge in [-0.25, -0.2) is 13.1 Å². The molecule has 37 heavy (non-hydrogen) atoms. The second kappa shape index (κ2) is 11.9. The first-order valence-corrected chi connectivity index (χ1v) is 13.2. The lowest BCUT2D eigenvalue weighted by atomic mass is 10.0. The van der Waals surface area contributed by atoms with Gasteiger partial charge in [-0.15, -0.1) is 0 Å². The van der Waals surface area contributed by atoms with Crippen molar-refractivity contribution in [2.45, 2.75) is 31.2 Å². The van der Waals surface area contributed by atoms with E-state index in [9.17, 15) is 18.5 Å². The van der Waals surface area contributed by atoms with E-state index >= 15 is 0 Å². The summed E-state index contributed by atoms with van der Waals surface area (Å²) in [6.45, 7) is 5.89. The molecular formula is C29H31N3O4S. The summed E-state index contributed by atoms with van der Waals surface area (Å²) in [7, 11) is -2.36. The van der Waals surface area contributed by atoms with Crippen LogP contribution in [-0.2, 0) is 19.6 Å². The minimum absolute atomic E-state index is 0.0442. The normalized spacial score (nSPS) is 11.8. The van der Waals surface area contributed by atoms with Crippen molar-refractivity contribution in [1.82, 2.24) is 4.72 Å². The van der Waals surface area contributed by atoms with Gasteiger partial charge in [-0.1, -0.05) is 60.7 Å². The van der Waals surface area contributed by atoms with Crippen molar-refractivity contribution in [3.63, 3.8) is 0 Å². The molecule has 192 valence electrons. The third-order valence-electron chi connectivity index (χ3n) is 5.36. The number of esters is 1. The monoisotopic (exact) mass is 517 g/mol. The number of sulfonamides is 1. The summed E-state index contributed by atoms with van der Waals surface area (Å²) in [5.74, 6) is -0.380. The Labute approximate surface area is 219 Å². The zero-order valence-corrected chi connectivity index (χ0v) is 22.2.